The van der Waals surface area contributed by atoms with Crippen molar-refractivity contribution in [3.05, 3.63) is 102 Å². The van der Waals surface area contributed by atoms with E-state index in [1.54, 1.807) is 30.3 Å². The number of halogens is 5. The maximum absolute atomic E-state index is 14.1. The molecule has 0 radical (unpaired) electrons. The molecule has 4 rings (SSSR count). The standard InChI is InChI=1S/C23H15F5N2O4S/c1-10(14-15(24)17(26)19(28)18(27)16(14)25)34-22(32)13-8-12-20(31)30(9-11-6-4-3-5-7-11)23(33)29(2)21(12)35-13/h3-8,10H,9H2,1-2H3. The largest absolute Gasteiger partial charge is 0.453 e. The molecule has 0 aliphatic rings. The van der Waals surface area contributed by atoms with E-state index < -0.39 is 58.0 Å². The Kier molecular flexibility index (Phi) is 6.32. The first-order valence-corrected chi connectivity index (χ1v) is 10.8. The lowest BCUT2D eigenvalue weighted by molar-refractivity contribution is 0.0326. The van der Waals surface area contributed by atoms with Crippen LogP contribution in [0.15, 0.2) is 46.0 Å². The molecule has 1 atom stereocenters. The SMILES string of the molecule is CC(OC(=O)c1cc2c(=O)n(Cc3ccccc3)c(=O)n(C)c2s1)c1c(F)c(F)c(F)c(F)c1F. The Morgan fingerprint density at radius 3 is 2.14 bits per heavy atom. The van der Waals surface area contributed by atoms with Gasteiger partial charge in [-0.25, -0.2) is 31.5 Å². The lowest BCUT2D eigenvalue weighted by Gasteiger charge is -2.15. The summed E-state index contributed by atoms with van der Waals surface area (Å²) in [5, 5.41) is 0.0175. The van der Waals surface area contributed by atoms with Crippen LogP contribution < -0.4 is 11.2 Å². The third-order valence-corrected chi connectivity index (χ3v) is 6.52. The van der Waals surface area contributed by atoms with Gasteiger partial charge >= 0.3 is 11.7 Å². The Bertz CT molecular complexity index is 1560. The van der Waals surface area contributed by atoms with Crippen molar-refractivity contribution in [3.8, 4) is 0 Å². The van der Waals surface area contributed by atoms with Crippen LogP contribution in [-0.4, -0.2) is 15.1 Å². The van der Waals surface area contributed by atoms with Gasteiger partial charge in [-0.15, -0.1) is 11.3 Å². The highest BCUT2D eigenvalue weighted by Gasteiger charge is 2.31. The molecule has 0 aliphatic heterocycles. The molecule has 182 valence electrons. The fourth-order valence-electron chi connectivity index (χ4n) is 3.55. The van der Waals surface area contributed by atoms with Gasteiger partial charge in [0.25, 0.3) is 5.56 Å². The summed E-state index contributed by atoms with van der Waals surface area (Å²) < 4.78 is 75.5. The summed E-state index contributed by atoms with van der Waals surface area (Å²) in [5.74, 6) is -12.1. The summed E-state index contributed by atoms with van der Waals surface area (Å²) in [7, 11) is 1.40. The second-order valence-electron chi connectivity index (χ2n) is 7.58. The zero-order chi connectivity index (χ0) is 25.6. The molecule has 4 aromatic rings. The van der Waals surface area contributed by atoms with Crippen LogP contribution >= 0.6 is 11.3 Å². The smallest absolute Gasteiger partial charge is 0.349 e. The van der Waals surface area contributed by atoms with Gasteiger partial charge in [0.2, 0.25) is 5.82 Å². The molecule has 2 heterocycles. The summed E-state index contributed by atoms with van der Waals surface area (Å²) in [4.78, 5) is 38.3. The molecule has 0 N–H and O–H groups in total. The molecule has 0 fully saturated rings. The summed E-state index contributed by atoms with van der Waals surface area (Å²) in [5.41, 5.74) is -1.93. The van der Waals surface area contributed by atoms with Crippen LogP contribution in [0.25, 0.3) is 10.2 Å². The van der Waals surface area contributed by atoms with Gasteiger partial charge in [0, 0.05) is 7.05 Å². The molecule has 6 nitrogen and oxygen atoms in total. The molecule has 0 amide bonds. The van der Waals surface area contributed by atoms with Crippen molar-refractivity contribution in [1.82, 2.24) is 9.13 Å². The van der Waals surface area contributed by atoms with Gasteiger partial charge in [-0.3, -0.25) is 13.9 Å². The zero-order valence-electron chi connectivity index (χ0n) is 18.1. The molecule has 0 spiro atoms. The average Bonchev–Trinajstić information content (AvgIpc) is 3.30. The Morgan fingerprint density at radius 1 is 0.971 bits per heavy atom. The molecule has 0 saturated carbocycles. The number of benzene rings is 2. The van der Waals surface area contributed by atoms with E-state index in [0.29, 0.717) is 16.9 Å². The maximum atomic E-state index is 14.1. The van der Waals surface area contributed by atoms with Crippen LogP contribution in [0.2, 0.25) is 0 Å². The first kappa shape index (κ1) is 24.3. The van der Waals surface area contributed by atoms with Gasteiger partial charge in [-0.2, -0.15) is 0 Å². The quantitative estimate of drug-likeness (QED) is 0.173. The summed E-state index contributed by atoms with van der Waals surface area (Å²) in [6, 6.07) is 9.87. The predicted octanol–water partition coefficient (Wildman–Crippen LogP) is 4.42. The van der Waals surface area contributed by atoms with E-state index in [9.17, 15) is 36.3 Å². The van der Waals surface area contributed by atoms with Crippen molar-refractivity contribution in [2.75, 3.05) is 0 Å². The van der Waals surface area contributed by atoms with Crippen molar-refractivity contribution >= 4 is 27.5 Å². The fourth-order valence-corrected chi connectivity index (χ4v) is 4.53. The third-order valence-electron chi connectivity index (χ3n) is 5.33. The molecule has 0 saturated heterocycles. The van der Waals surface area contributed by atoms with Crippen molar-refractivity contribution in [3.63, 3.8) is 0 Å². The summed E-state index contributed by atoms with van der Waals surface area (Å²) in [6.45, 7) is 0.918. The van der Waals surface area contributed by atoms with Gasteiger partial charge in [-0.1, -0.05) is 30.3 Å². The minimum absolute atomic E-state index is 0.0175. The van der Waals surface area contributed by atoms with Crippen LogP contribution in [-0.2, 0) is 18.3 Å². The second kappa shape index (κ2) is 9.10. The first-order chi connectivity index (χ1) is 16.5. The van der Waals surface area contributed by atoms with E-state index in [0.717, 1.165) is 22.1 Å². The number of nitrogens with zero attached hydrogens (tertiary/aromatic N) is 2. The van der Waals surface area contributed by atoms with Crippen molar-refractivity contribution in [1.29, 1.82) is 0 Å². The van der Waals surface area contributed by atoms with E-state index in [1.807, 2.05) is 0 Å². The number of aryl methyl sites for hydroxylation is 1. The number of fused-ring (bicyclic) bond motifs is 1. The Morgan fingerprint density at radius 2 is 1.54 bits per heavy atom. The number of esters is 1. The Hall–Kier alpha value is -3.80. The molecule has 1 unspecified atom stereocenters. The molecule has 2 aromatic carbocycles. The first-order valence-electron chi connectivity index (χ1n) is 10.0. The molecule has 0 aliphatic carbocycles. The van der Waals surface area contributed by atoms with Gasteiger partial charge in [0.1, 0.15) is 15.8 Å². The zero-order valence-corrected chi connectivity index (χ0v) is 18.9. The second-order valence-corrected chi connectivity index (χ2v) is 8.61. The van der Waals surface area contributed by atoms with Gasteiger partial charge in [-0.05, 0) is 18.6 Å². The van der Waals surface area contributed by atoms with E-state index in [-0.39, 0.29) is 21.6 Å². The van der Waals surface area contributed by atoms with Crippen LogP contribution in [0.4, 0.5) is 22.0 Å². The van der Waals surface area contributed by atoms with Crippen molar-refractivity contribution in [2.24, 2.45) is 7.05 Å². The maximum Gasteiger partial charge on any atom is 0.349 e. The number of hydrogen-bond acceptors (Lipinski definition) is 5. The van der Waals surface area contributed by atoms with Crippen LogP contribution in [0.3, 0.4) is 0 Å². The number of carbonyl (C=O) groups excluding carboxylic acids is 1. The number of rotatable bonds is 5. The normalized spacial score (nSPS) is 12.2. The average molecular weight is 510 g/mol. The van der Waals surface area contributed by atoms with E-state index in [2.05, 4.69) is 0 Å². The van der Waals surface area contributed by atoms with Crippen molar-refractivity contribution in [2.45, 2.75) is 19.6 Å². The molecule has 0 bridgehead atoms. The van der Waals surface area contributed by atoms with E-state index in [1.165, 1.54) is 7.05 Å². The van der Waals surface area contributed by atoms with E-state index in [4.69, 9.17) is 4.74 Å². The van der Waals surface area contributed by atoms with Crippen LogP contribution in [0.1, 0.15) is 33.8 Å². The fraction of sp³-hybridized carbons (Fsp3) is 0.174. The molecular formula is C23H15F5N2O4S. The molecule has 35 heavy (non-hydrogen) atoms. The van der Waals surface area contributed by atoms with Gasteiger partial charge in [0.05, 0.1) is 17.5 Å². The van der Waals surface area contributed by atoms with Gasteiger partial charge < -0.3 is 4.74 Å². The molecule has 12 heteroatoms. The Balaban J connectivity index is 1.71. The monoisotopic (exact) mass is 510 g/mol. The third kappa shape index (κ3) is 4.14. The summed E-state index contributed by atoms with van der Waals surface area (Å²) >= 11 is 0.709. The number of carbonyl (C=O) groups is 1. The lowest BCUT2D eigenvalue weighted by Crippen LogP contribution is -2.38. The Labute approximate surface area is 197 Å². The number of thiophene rings is 1. The number of aromatic nitrogens is 2. The topological polar surface area (TPSA) is 70.3 Å². The minimum atomic E-state index is -2.33. The van der Waals surface area contributed by atoms with Crippen molar-refractivity contribution < 1.29 is 31.5 Å². The predicted molar refractivity (Wildman–Crippen MR) is 117 cm³/mol. The molecular weight excluding hydrogens is 495 g/mol. The highest BCUT2D eigenvalue weighted by atomic mass is 32.1. The number of ether oxygens (including phenoxy) is 1. The number of hydrogen-bond donors (Lipinski definition) is 0. The van der Waals surface area contributed by atoms with Crippen LogP contribution in [0, 0.1) is 29.1 Å². The minimum Gasteiger partial charge on any atom is -0.453 e. The highest BCUT2D eigenvalue weighted by Crippen LogP contribution is 2.31. The highest BCUT2D eigenvalue weighted by molar-refractivity contribution is 7.20. The summed E-state index contributed by atoms with van der Waals surface area (Å²) in [6.07, 6.45) is -1.85. The lowest BCUT2D eigenvalue weighted by atomic mass is 10.1. The van der Waals surface area contributed by atoms with E-state index >= 15 is 0 Å². The molecule has 2 aromatic heterocycles. The van der Waals surface area contributed by atoms with Gasteiger partial charge in [0.15, 0.2) is 23.3 Å². The van der Waals surface area contributed by atoms with Crippen LogP contribution in [0.5, 0.6) is 0 Å².